The Morgan fingerprint density at radius 2 is 1.77 bits per heavy atom. The van der Waals surface area contributed by atoms with Crippen molar-refractivity contribution < 1.29 is 38.1 Å². The third-order valence-corrected chi connectivity index (χ3v) is 8.82. The average molecular weight is 582 g/mol. The molecular formula is C29H21Cl2NO8. The zero-order valence-corrected chi connectivity index (χ0v) is 22.5. The van der Waals surface area contributed by atoms with Gasteiger partial charge in [0, 0.05) is 22.9 Å². The number of esters is 1. The van der Waals surface area contributed by atoms with E-state index in [0.717, 1.165) is 0 Å². The summed E-state index contributed by atoms with van der Waals surface area (Å²) in [5.41, 5.74) is -1.24. The molecule has 4 aliphatic rings. The Kier molecular flexibility index (Phi) is 5.66. The van der Waals surface area contributed by atoms with E-state index in [1.807, 2.05) is 0 Å². The highest BCUT2D eigenvalue weighted by Crippen LogP contribution is 2.66. The van der Waals surface area contributed by atoms with E-state index < -0.39 is 46.8 Å². The fraction of sp³-hybridized carbons (Fsp3) is 0.276. The van der Waals surface area contributed by atoms with Gasteiger partial charge in [0.2, 0.25) is 12.7 Å². The number of Topliss-reactive ketones (excluding diaryl/α,β-unsaturated/α-hetero) is 1. The second kappa shape index (κ2) is 8.94. The first kappa shape index (κ1) is 25.3. The smallest absolute Gasteiger partial charge is 0.313 e. The molecule has 0 aromatic heterocycles. The molecule has 5 atom stereocenters. The summed E-state index contributed by atoms with van der Waals surface area (Å²) in [6, 6.07) is 16.7. The number of epoxide rings is 1. The maximum absolute atomic E-state index is 14.2. The van der Waals surface area contributed by atoms with Gasteiger partial charge in [0.1, 0.15) is 5.92 Å². The number of carbonyl (C=O) groups is 3. The van der Waals surface area contributed by atoms with E-state index in [4.69, 9.17) is 46.9 Å². The minimum Gasteiger partial charge on any atom is -0.469 e. The number of halogens is 2. The Morgan fingerprint density at radius 1 is 1.00 bits per heavy atom. The molecule has 0 saturated carbocycles. The van der Waals surface area contributed by atoms with Gasteiger partial charge in [-0.25, -0.2) is 0 Å². The monoisotopic (exact) mass is 581 g/mol. The molecule has 7 rings (SSSR count). The van der Waals surface area contributed by atoms with Gasteiger partial charge < -0.3 is 29.0 Å². The van der Waals surface area contributed by atoms with Crippen molar-refractivity contribution >= 4 is 46.5 Å². The summed E-state index contributed by atoms with van der Waals surface area (Å²) in [5.74, 6) is -3.34. The molecule has 2 saturated heterocycles. The first-order valence-corrected chi connectivity index (χ1v) is 13.3. The molecular weight excluding hydrogens is 561 g/mol. The van der Waals surface area contributed by atoms with Crippen LogP contribution < -0.4 is 14.8 Å². The van der Waals surface area contributed by atoms with Crippen LogP contribution in [-0.2, 0) is 29.4 Å². The van der Waals surface area contributed by atoms with Crippen molar-refractivity contribution in [3.8, 4) is 11.5 Å². The Balaban J connectivity index is 1.38. The summed E-state index contributed by atoms with van der Waals surface area (Å²) in [4.78, 5) is 42.0. The van der Waals surface area contributed by atoms with Gasteiger partial charge in [0.15, 0.2) is 28.5 Å². The van der Waals surface area contributed by atoms with Crippen molar-refractivity contribution in [3.63, 3.8) is 0 Å². The van der Waals surface area contributed by atoms with Crippen molar-refractivity contribution in [1.29, 1.82) is 0 Å². The van der Waals surface area contributed by atoms with E-state index in [1.54, 1.807) is 60.7 Å². The molecule has 2 spiro atoms. The fourth-order valence-electron chi connectivity index (χ4n) is 6.27. The van der Waals surface area contributed by atoms with Crippen molar-refractivity contribution in [1.82, 2.24) is 0 Å². The summed E-state index contributed by atoms with van der Waals surface area (Å²) in [6.07, 6.45) is -1.08. The molecule has 1 aliphatic carbocycles. The molecule has 1 N–H and O–H groups in total. The molecule has 3 unspecified atom stereocenters. The van der Waals surface area contributed by atoms with Gasteiger partial charge in [-0.2, -0.15) is 0 Å². The quantitative estimate of drug-likeness (QED) is 0.348. The lowest BCUT2D eigenvalue weighted by Gasteiger charge is -2.32. The van der Waals surface area contributed by atoms with Crippen LogP contribution in [0.5, 0.6) is 11.5 Å². The number of amides is 1. The average Bonchev–Trinajstić information content (AvgIpc) is 3.42. The highest BCUT2D eigenvalue weighted by atomic mass is 35.5. The lowest BCUT2D eigenvalue weighted by Crippen LogP contribution is -2.55. The van der Waals surface area contributed by atoms with Gasteiger partial charge in [-0.15, -0.1) is 0 Å². The van der Waals surface area contributed by atoms with Crippen LogP contribution >= 0.6 is 23.2 Å². The molecule has 3 aliphatic heterocycles. The van der Waals surface area contributed by atoms with Gasteiger partial charge in [-0.3, -0.25) is 14.4 Å². The van der Waals surface area contributed by atoms with E-state index in [0.29, 0.717) is 38.9 Å². The molecule has 3 aromatic rings. The van der Waals surface area contributed by atoms with E-state index in [9.17, 15) is 14.4 Å². The Bertz CT molecular complexity index is 1600. The predicted octanol–water partition coefficient (Wildman–Crippen LogP) is 4.70. The predicted molar refractivity (Wildman–Crippen MR) is 142 cm³/mol. The minimum absolute atomic E-state index is 0.0697. The van der Waals surface area contributed by atoms with Crippen LogP contribution in [-0.4, -0.2) is 43.8 Å². The number of hydrogen-bond donors (Lipinski definition) is 1. The third kappa shape index (κ3) is 3.38. The maximum atomic E-state index is 14.2. The third-order valence-electron chi connectivity index (χ3n) is 8.08. The molecule has 0 bridgehead atoms. The van der Waals surface area contributed by atoms with Gasteiger partial charge in [0.25, 0.3) is 0 Å². The standard InChI is InChI=1S/C29H21Cl2NO8/c1-36-27(35)23-22(26(34)32-15-7-9-20-21(11-15)38-13-37-20)24(14-6-8-18(30)19(31)10-14)40-29(23)25(33)16-4-2-3-5-17(16)28(29)12-39-28/h2-11,22-24H,12-13H2,1H3,(H,32,34)/t22?,23?,24?,28-,29+/m1/s1. The maximum Gasteiger partial charge on any atom is 0.313 e. The molecule has 2 fully saturated rings. The summed E-state index contributed by atoms with van der Waals surface area (Å²) < 4.78 is 28.7. The van der Waals surface area contributed by atoms with Gasteiger partial charge in [0.05, 0.1) is 35.8 Å². The van der Waals surface area contributed by atoms with Crippen LogP contribution in [0.3, 0.4) is 0 Å². The van der Waals surface area contributed by atoms with Gasteiger partial charge in [-0.1, -0.05) is 53.5 Å². The Morgan fingerprint density at radius 3 is 2.52 bits per heavy atom. The lowest BCUT2D eigenvalue weighted by atomic mass is 9.71. The summed E-state index contributed by atoms with van der Waals surface area (Å²) in [5, 5.41) is 3.39. The van der Waals surface area contributed by atoms with E-state index in [1.165, 1.54) is 7.11 Å². The number of fused-ring (bicyclic) bond motifs is 4. The van der Waals surface area contributed by atoms with E-state index >= 15 is 0 Å². The van der Waals surface area contributed by atoms with Crippen molar-refractivity contribution in [2.45, 2.75) is 17.3 Å². The fourth-order valence-corrected chi connectivity index (χ4v) is 6.57. The summed E-state index contributed by atoms with van der Waals surface area (Å²) in [6.45, 7) is 0.203. The first-order chi connectivity index (χ1) is 19.3. The van der Waals surface area contributed by atoms with E-state index in [-0.39, 0.29) is 18.4 Å². The van der Waals surface area contributed by atoms with Crippen LogP contribution in [0.25, 0.3) is 0 Å². The number of rotatable bonds is 4. The number of anilines is 1. The number of methoxy groups -OCH3 is 1. The number of hydrogen-bond acceptors (Lipinski definition) is 8. The normalized spacial score (nSPS) is 29.1. The highest BCUT2D eigenvalue weighted by Gasteiger charge is 2.81. The van der Waals surface area contributed by atoms with Crippen LogP contribution in [0.4, 0.5) is 5.69 Å². The van der Waals surface area contributed by atoms with Crippen LogP contribution in [0, 0.1) is 11.8 Å². The number of benzene rings is 3. The lowest BCUT2D eigenvalue weighted by molar-refractivity contribution is -0.155. The molecule has 204 valence electrons. The molecule has 1 amide bonds. The van der Waals surface area contributed by atoms with Crippen LogP contribution in [0.15, 0.2) is 60.7 Å². The summed E-state index contributed by atoms with van der Waals surface area (Å²) in [7, 11) is 1.21. The Labute approximate surface area is 238 Å². The van der Waals surface area contributed by atoms with Gasteiger partial charge in [-0.05, 0) is 29.8 Å². The molecule has 40 heavy (non-hydrogen) atoms. The largest absolute Gasteiger partial charge is 0.469 e. The highest BCUT2D eigenvalue weighted by molar-refractivity contribution is 6.42. The molecule has 11 heteroatoms. The zero-order chi connectivity index (χ0) is 27.8. The Hall–Kier alpha value is -3.63. The number of ether oxygens (including phenoxy) is 5. The topological polar surface area (TPSA) is 113 Å². The minimum atomic E-state index is -1.85. The van der Waals surface area contributed by atoms with Crippen molar-refractivity contribution in [2.24, 2.45) is 11.8 Å². The molecule has 9 nitrogen and oxygen atoms in total. The van der Waals surface area contributed by atoms with Crippen LogP contribution in [0.1, 0.15) is 27.6 Å². The second-order valence-corrected chi connectivity index (χ2v) is 10.8. The first-order valence-electron chi connectivity index (χ1n) is 12.5. The summed E-state index contributed by atoms with van der Waals surface area (Å²) >= 11 is 12.5. The van der Waals surface area contributed by atoms with Crippen LogP contribution in [0.2, 0.25) is 10.0 Å². The van der Waals surface area contributed by atoms with Crippen molar-refractivity contribution in [2.75, 3.05) is 25.8 Å². The molecule has 3 aromatic carbocycles. The zero-order valence-electron chi connectivity index (χ0n) is 20.9. The number of carbonyl (C=O) groups excluding carboxylic acids is 3. The number of ketones is 1. The molecule has 3 heterocycles. The number of nitrogens with one attached hydrogen (secondary N) is 1. The van der Waals surface area contributed by atoms with E-state index in [2.05, 4.69) is 5.32 Å². The second-order valence-electron chi connectivity index (χ2n) is 10.0. The van der Waals surface area contributed by atoms with Gasteiger partial charge >= 0.3 is 5.97 Å². The van der Waals surface area contributed by atoms with Crippen molar-refractivity contribution in [3.05, 3.63) is 87.4 Å². The molecule has 0 radical (unpaired) electrons. The SMILES string of the molecule is COC(=O)C1C(C(=O)Nc2ccc3c(c2)OCO3)C(c2ccc(Cl)c(Cl)c2)O[C@]12C(=O)c1ccccc1[C@]21CO1.